The van der Waals surface area contributed by atoms with E-state index in [4.69, 9.17) is 23.7 Å². The van der Waals surface area contributed by atoms with Gasteiger partial charge in [0.2, 0.25) is 0 Å². The van der Waals surface area contributed by atoms with Crippen LogP contribution in [-0.2, 0) is 33.3 Å². The number of aliphatic hydroxyl groups excluding tert-OH is 1. The van der Waals surface area contributed by atoms with Gasteiger partial charge < -0.3 is 28.8 Å². The Kier molecular flexibility index (Phi) is 2.68. The SMILES string of the molecule is C=C(C)[C@@H]1CC2OC(=O)C34OC5OCO[C@H](O)C51C23CC1CC4(C)C(=O)O1. The molecule has 1 N–H and O–H groups in total. The molecule has 8 nitrogen and oxygen atoms in total. The zero-order valence-corrected chi connectivity index (χ0v) is 15.2. The second-order valence-corrected chi connectivity index (χ2v) is 9.14. The molecule has 0 radical (unpaired) electrons. The highest BCUT2D eigenvalue weighted by Crippen LogP contribution is 2.82. The number of ether oxygens (including phenoxy) is 5. The fourth-order valence-electron chi connectivity index (χ4n) is 7.58. The van der Waals surface area contributed by atoms with Gasteiger partial charge in [-0.1, -0.05) is 12.2 Å². The van der Waals surface area contributed by atoms with E-state index in [0.29, 0.717) is 19.3 Å². The quantitative estimate of drug-likeness (QED) is 0.524. The summed E-state index contributed by atoms with van der Waals surface area (Å²) in [5.74, 6) is -1.25. The van der Waals surface area contributed by atoms with Crippen molar-refractivity contribution < 1.29 is 38.4 Å². The molecule has 0 aromatic rings. The van der Waals surface area contributed by atoms with Gasteiger partial charge in [0.15, 0.2) is 25.0 Å². The fraction of sp³-hybridized carbons (Fsp3) is 0.789. The Bertz CT molecular complexity index is 810. The van der Waals surface area contributed by atoms with Crippen LogP contribution in [0.1, 0.15) is 33.1 Å². The molecule has 4 saturated heterocycles. The van der Waals surface area contributed by atoms with Gasteiger partial charge in [-0.3, -0.25) is 4.79 Å². The van der Waals surface area contributed by atoms with Crippen molar-refractivity contribution in [3.63, 3.8) is 0 Å². The molecule has 7 unspecified atom stereocenters. The van der Waals surface area contributed by atoms with Crippen molar-refractivity contribution in [3.05, 3.63) is 12.2 Å². The summed E-state index contributed by atoms with van der Waals surface area (Å²) in [6, 6.07) is 0. The third-order valence-electron chi connectivity index (χ3n) is 8.32. The molecule has 2 saturated carbocycles. The number of fused-ring (bicyclic) bond motifs is 2. The van der Waals surface area contributed by atoms with E-state index in [1.807, 2.05) is 6.92 Å². The number of carbonyl (C=O) groups is 2. The normalized spacial score (nSPS) is 59.7. The van der Waals surface area contributed by atoms with Crippen molar-refractivity contribution >= 4 is 11.9 Å². The van der Waals surface area contributed by atoms with Crippen LogP contribution in [0, 0.1) is 22.2 Å². The summed E-state index contributed by atoms with van der Waals surface area (Å²) in [5.41, 5.74) is -3.98. The van der Waals surface area contributed by atoms with Crippen LogP contribution < -0.4 is 0 Å². The first kappa shape index (κ1) is 16.5. The molecule has 2 aliphatic carbocycles. The number of aliphatic hydroxyl groups is 1. The third kappa shape index (κ3) is 1.28. The smallest absolute Gasteiger partial charge is 0.340 e. The van der Waals surface area contributed by atoms with Crippen molar-refractivity contribution in [1.29, 1.82) is 0 Å². The van der Waals surface area contributed by atoms with Gasteiger partial charge in [-0.2, -0.15) is 0 Å². The molecule has 6 rings (SSSR count). The molecule has 2 spiro atoms. The Morgan fingerprint density at radius 2 is 1.96 bits per heavy atom. The first-order valence-corrected chi connectivity index (χ1v) is 9.42. The molecule has 4 aliphatic heterocycles. The van der Waals surface area contributed by atoms with Crippen LogP contribution >= 0.6 is 0 Å². The van der Waals surface area contributed by atoms with Gasteiger partial charge >= 0.3 is 11.9 Å². The van der Waals surface area contributed by atoms with Crippen LogP contribution in [-0.4, -0.2) is 54.2 Å². The summed E-state index contributed by atoms with van der Waals surface area (Å²) >= 11 is 0. The minimum atomic E-state index is -1.56. The molecule has 0 aromatic carbocycles. The van der Waals surface area contributed by atoms with Crippen LogP contribution in [0.5, 0.6) is 0 Å². The molecule has 0 aromatic heterocycles. The van der Waals surface area contributed by atoms with Crippen molar-refractivity contribution in [2.75, 3.05) is 6.79 Å². The van der Waals surface area contributed by atoms with E-state index in [0.717, 1.165) is 5.57 Å². The monoisotopic (exact) mass is 378 g/mol. The van der Waals surface area contributed by atoms with E-state index in [1.54, 1.807) is 6.92 Å². The molecule has 6 aliphatic rings. The van der Waals surface area contributed by atoms with Crippen LogP contribution in [0.4, 0.5) is 0 Å². The Morgan fingerprint density at radius 3 is 2.70 bits per heavy atom. The lowest BCUT2D eigenvalue weighted by Crippen LogP contribution is -2.68. The van der Waals surface area contributed by atoms with E-state index in [1.165, 1.54) is 0 Å². The van der Waals surface area contributed by atoms with Crippen molar-refractivity contribution in [3.8, 4) is 0 Å². The lowest BCUT2D eigenvalue weighted by Gasteiger charge is -2.53. The second-order valence-electron chi connectivity index (χ2n) is 9.14. The predicted octanol–water partition coefficient (Wildman–Crippen LogP) is 0.624. The van der Waals surface area contributed by atoms with E-state index >= 15 is 0 Å². The lowest BCUT2D eigenvalue weighted by atomic mass is 9.45. The average Bonchev–Trinajstić information content (AvgIpc) is 3.20. The molecule has 9 atom stereocenters. The molecule has 27 heavy (non-hydrogen) atoms. The van der Waals surface area contributed by atoms with Crippen LogP contribution in [0.25, 0.3) is 0 Å². The summed E-state index contributed by atoms with van der Waals surface area (Å²) in [6.45, 7) is 7.58. The van der Waals surface area contributed by atoms with Gasteiger partial charge in [0.1, 0.15) is 17.6 Å². The number of carbonyl (C=O) groups excluding carboxylic acids is 2. The average molecular weight is 378 g/mol. The van der Waals surface area contributed by atoms with E-state index in [9.17, 15) is 14.7 Å². The maximum atomic E-state index is 13.3. The fourth-order valence-corrected chi connectivity index (χ4v) is 7.58. The van der Waals surface area contributed by atoms with Gasteiger partial charge in [-0.15, -0.1) is 0 Å². The topological polar surface area (TPSA) is 101 Å². The summed E-state index contributed by atoms with van der Waals surface area (Å²) < 4.78 is 29.2. The predicted molar refractivity (Wildman–Crippen MR) is 85.5 cm³/mol. The highest BCUT2D eigenvalue weighted by Gasteiger charge is 2.96. The van der Waals surface area contributed by atoms with Gasteiger partial charge in [0.25, 0.3) is 0 Å². The highest BCUT2D eigenvalue weighted by molar-refractivity contribution is 5.96. The van der Waals surface area contributed by atoms with Gasteiger partial charge in [-0.25, -0.2) is 4.79 Å². The highest BCUT2D eigenvalue weighted by atomic mass is 16.8. The van der Waals surface area contributed by atoms with Crippen LogP contribution in [0.2, 0.25) is 0 Å². The lowest BCUT2D eigenvalue weighted by molar-refractivity contribution is -0.363. The third-order valence-corrected chi connectivity index (χ3v) is 8.32. The van der Waals surface area contributed by atoms with Gasteiger partial charge in [0.05, 0.1) is 10.8 Å². The maximum Gasteiger partial charge on any atom is 0.340 e. The molecule has 6 fully saturated rings. The minimum Gasteiger partial charge on any atom is -0.462 e. The van der Waals surface area contributed by atoms with E-state index in [-0.39, 0.29) is 18.8 Å². The van der Waals surface area contributed by atoms with Gasteiger partial charge in [0, 0.05) is 6.42 Å². The molecular formula is C19H22O8. The van der Waals surface area contributed by atoms with E-state index in [2.05, 4.69) is 6.58 Å². The summed E-state index contributed by atoms with van der Waals surface area (Å²) in [5, 5.41) is 11.2. The summed E-state index contributed by atoms with van der Waals surface area (Å²) in [7, 11) is 0. The van der Waals surface area contributed by atoms with Gasteiger partial charge in [-0.05, 0) is 32.6 Å². The van der Waals surface area contributed by atoms with Crippen molar-refractivity contribution in [2.24, 2.45) is 22.2 Å². The van der Waals surface area contributed by atoms with Crippen LogP contribution in [0.15, 0.2) is 12.2 Å². The Hall–Kier alpha value is -1.48. The zero-order valence-electron chi connectivity index (χ0n) is 15.2. The number of allylic oxidation sites excluding steroid dienone is 1. The zero-order chi connectivity index (χ0) is 19.0. The minimum absolute atomic E-state index is 0.146. The number of hydrogen-bond donors (Lipinski definition) is 1. The largest absolute Gasteiger partial charge is 0.462 e. The van der Waals surface area contributed by atoms with Crippen LogP contribution in [0.3, 0.4) is 0 Å². The number of esters is 2. The second kappa shape index (κ2) is 4.40. The Labute approximate surface area is 155 Å². The van der Waals surface area contributed by atoms with E-state index < -0.39 is 52.5 Å². The number of hydrogen-bond acceptors (Lipinski definition) is 8. The molecular weight excluding hydrogens is 356 g/mol. The standard InChI is InChI=1S/C19H22O8/c1-8(2)10-4-11-17-6-9-5-16(3,12(20)25-9)19(17,14(22)26-11)27-15-18(10,17)13(21)23-7-24-15/h9-11,13,15,21H,1,4-7H2,2-3H3/t9?,10-,11?,13-,15?,16?,17?,18?,19?/m0/s1. The molecule has 8 heteroatoms. The molecule has 4 heterocycles. The maximum absolute atomic E-state index is 13.3. The Balaban J connectivity index is 1.71. The summed E-state index contributed by atoms with van der Waals surface area (Å²) in [6.07, 6.45) is -1.75. The first-order valence-electron chi connectivity index (χ1n) is 9.42. The molecule has 0 amide bonds. The van der Waals surface area contributed by atoms with Crippen molar-refractivity contribution in [1.82, 2.24) is 0 Å². The first-order chi connectivity index (χ1) is 12.8. The summed E-state index contributed by atoms with van der Waals surface area (Å²) in [4.78, 5) is 26.2. The molecule has 146 valence electrons. The van der Waals surface area contributed by atoms with Crippen molar-refractivity contribution in [2.45, 2.75) is 63.5 Å². The Morgan fingerprint density at radius 1 is 1.19 bits per heavy atom. The molecule has 2 bridgehead atoms. The number of rotatable bonds is 1.